The molecule has 0 heterocycles. The largest absolute Gasteiger partial charge is 0.444 e. The number of carbonyl (C=O) groups is 2. The molecule has 0 saturated heterocycles. The number of nitrogens with one attached hydrogen (secondary N) is 5. The zero-order valence-electron chi connectivity index (χ0n) is 24.7. The minimum atomic E-state index is -0.570. The highest BCUT2D eigenvalue weighted by Crippen LogP contribution is 2.09. The summed E-state index contributed by atoms with van der Waals surface area (Å²) in [4.78, 5) is 25.6. The lowest BCUT2D eigenvalue weighted by Gasteiger charge is -2.27. The highest BCUT2D eigenvalue weighted by molar-refractivity contribution is 7.80. The summed E-state index contributed by atoms with van der Waals surface area (Å²) in [6, 6.07) is 29.1. The fourth-order valence-electron chi connectivity index (χ4n) is 4.29. The van der Waals surface area contributed by atoms with Crippen LogP contribution in [0, 0.1) is 0 Å². The van der Waals surface area contributed by atoms with Crippen molar-refractivity contribution >= 4 is 35.0 Å². The van der Waals surface area contributed by atoms with E-state index in [4.69, 9.17) is 17.0 Å². The maximum Gasteiger partial charge on any atom is 0.407 e. The van der Waals surface area contributed by atoms with Gasteiger partial charge in [0.15, 0.2) is 5.11 Å². The van der Waals surface area contributed by atoms with Crippen LogP contribution in [0.2, 0.25) is 0 Å². The van der Waals surface area contributed by atoms with Crippen LogP contribution in [0.25, 0.3) is 0 Å². The molecule has 0 aliphatic rings. The average molecular weight is 590 g/mol. The molecule has 8 nitrogen and oxygen atoms in total. The van der Waals surface area contributed by atoms with Gasteiger partial charge in [0.1, 0.15) is 5.60 Å². The Kier molecular flexibility index (Phi) is 13.3. The van der Waals surface area contributed by atoms with E-state index in [1.807, 2.05) is 99.6 Å². The number of carbonyl (C=O) groups excluding carboxylic acids is 2. The number of amides is 2. The van der Waals surface area contributed by atoms with Crippen molar-refractivity contribution in [1.82, 2.24) is 21.3 Å². The molecule has 224 valence electrons. The van der Waals surface area contributed by atoms with Gasteiger partial charge in [-0.1, -0.05) is 78.9 Å². The Morgan fingerprint density at radius 1 is 0.810 bits per heavy atom. The SMILES string of the molecule is CC(C)(C)OC(=O)NCCC[C@H](N[C@H](CNC(=S)Nc1ccccc1)Cc1ccccc1)C(=O)NCc1ccccc1. The lowest BCUT2D eigenvalue weighted by molar-refractivity contribution is -0.123. The average Bonchev–Trinajstić information content (AvgIpc) is 2.97. The minimum Gasteiger partial charge on any atom is -0.444 e. The topological polar surface area (TPSA) is 104 Å². The van der Waals surface area contributed by atoms with Gasteiger partial charge in [0, 0.05) is 31.4 Å². The van der Waals surface area contributed by atoms with E-state index < -0.39 is 17.7 Å². The van der Waals surface area contributed by atoms with Crippen molar-refractivity contribution in [3.8, 4) is 0 Å². The van der Waals surface area contributed by atoms with Crippen molar-refractivity contribution in [3.05, 3.63) is 102 Å². The van der Waals surface area contributed by atoms with Crippen LogP contribution in [-0.4, -0.2) is 47.9 Å². The van der Waals surface area contributed by atoms with Crippen LogP contribution in [0.1, 0.15) is 44.7 Å². The number of anilines is 1. The first-order valence-corrected chi connectivity index (χ1v) is 14.8. The Morgan fingerprint density at radius 3 is 2.02 bits per heavy atom. The third-order valence-electron chi connectivity index (χ3n) is 6.27. The van der Waals surface area contributed by atoms with Gasteiger partial charge in [0.25, 0.3) is 0 Å². The van der Waals surface area contributed by atoms with Crippen molar-refractivity contribution in [1.29, 1.82) is 0 Å². The number of ether oxygens (including phenoxy) is 1. The summed E-state index contributed by atoms with van der Waals surface area (Å²) in [7, 11) is 0. The molecule has 0 fully saturated rings. The Morgan fingerprint density at radius 2 is 1.40 bits per heavy atom. The van der Waals surface area contributed by atoms with Crippen LogP contribution in [0.15, 0.2) is 91.0 Å². The fraction of sp³-hybridized carbons (Fsp3) is 0.364. The molecule has 0 aliphatic heterocycles. The molecular formula is C33H43N5O3S. The summed E-state index contributed by atoms with van der Waals surface area (Å²) in [5, 5.41) is 16.5. The Labute approximate surface area is 255 Å². The van der Waals surface area contributed by atoms with Gasteiger partial charge in [-0.25, -0.2) is 4.79 Å². The van der Waals surface area contributed by atoms with Crippen LogP contribution in [-0.2, 0) is 22.5 Å². The number of thiocarbonyl (C=S) groups is 1. The van der Waals surface area contributed by atoms with Gasteiger partial charge >= 0.3 is 6.09 Å². The van der Waals surface area contributed by atoms with E-state index in [2.05, 4.69) is 38.7 Å². The molecule has 5 N–H and O–H groups in total. The van der Waals surface area contributed by atoms with Crippen LogP contribution in [0.3, 0.4) is 0 Å². The van der Waals surface area contributed by atoms with E-state index in [0.717, 1.165) is 16.8 Å². The molecule has 3 aromatic rings. The summed E-state index contributed by atoms with van der Waals surface area (Å²) in [5.41, 5.74) is 2.50. The van der Waals surface area contributed by atoms with Crippen LogP contribution in [0.4, 0.5) is 10.5 Å². The number of hydrogen-bond donors (Lipinski definition) is 5. The molecule has 42 heavy (non-hydrogen) atoms. The molecule has 0 aromatic heterocycles. The van der Waals surface area contributed by atoms with Crippen molar-refractivity contribution in [2.45, 2.75) is 64.3 Å². The van der Waals surface area contributed by atoms with Gasteiger partial charge < -0.3 is 31.3 Å². The van der Waals surface area contributed by atoms with E-state index in [1.54, 1.807) is 0 Å². The van der Waals surface area contributed by atoms with Crippen molar-refractivity contribution in [3.63, 3.8) is 0 Å². The van der Waals surface area contributed by atoms with Gasteiger partial charge in [-0.15, -0.1) is 0 Å². The second kappa shape index (κ2) is 17.1. The lowest BCUT2D eigenvalue weighted by atomic mass is 10.0. The Bertz CT molecular complexity index is 1240. The monoisotopic (exact) mass is 589 g/mol. The molecular weight excluding hydrogens is 546 g/mol. The molecule has 2 amide bonds. The number of alkyl carbamates (subject to hydrolysis) is 1. The summed E-state index contributed by atoms with van der Waals surface area (Å²) in [6.45, 7) is 6.81. The fourth-order valence-corrected chi connectivity index (χ4v) is 4.50. The predicted molar refractivity (Wildman–Crippen MR) is 173 cm³/mol. The summed E-state index contributed by atoms with van der Waals surface area (Å²) >= 11 is 5.55. The van der Waals surface area contributed by atoms with Crippen LogP contribution < -0.4 is 26.6 Å². The first kappa shape index (κ1) is 32.6. The molecule has 0 radical (unpaired) electrons. The van der Waals surface area contributed by atoms with Crippen molar-refractivity contribution < 1.29 is 14.3 Å². The van der Waals surface area contributed by atoms with Gasteiger partial charge in [0.05, 0.1) is 6.04 Å². The first-order valence-electron chi connectivity index (χ1n) is 14.4. The number of rotatable bonds is 14. The third-order valence-corrected chi connectivity index (χ3v) is 6.51. The molecule has 3 aromatic carbocycles. The molecule has 2 atom stereocenters. The first-order chi connectivity index (χ1) is 20.2. The van der Waals surface area contributed by atoms with Gasteiger partial charge in [-0.05, 0) is 75.5 Å². The van der Waals surface area contributed by atoms with Crippen molar-refractivity contribution in [2.24, 2.45) is 0 Å². The predicted octanol–water partition coefficient (Wildman–Crippen LogP) is 5.16. The van der Waals surface area contributed by atoms with E-state index in [0.29, 0.717) is 44.0 Å². The quantitative estimate of drug-likeness (QED) is 0.131. The molecule has 3 rings (SSSR count). The number of para-hydroxylation sites is 1. The highest BCUT2D eigenvalue weighted by atomic mass is 32.1. The Hall–Kier alpha value is -3.95. The van der Waals surface area contributed by atoms with Gasteiger partial charge in [-0.2, -0.15) is 0 Å². The lowest BCUT2D eigenvalue weighted by Crippen LogP contribution is -2.53. The van der Waals surface area contributed by atoms with Crippen molar-refractivity contribution in [2.75, 3.05) is 18.4 Å². The van der Waals surface area contributed by atoms with Crippen LogP contribution in [0.5, 0.6) is 0 Å². The Balaban J connectivity index is 1.66. The van der Waals surface area contributed by atoms with E-state index in [1.165, 1.54) is 0 Å². The molecule has 0 saturated carbocycles. The maximum absolute atomic E-state index is 13.5. The highest BCUT2D eigenvalue weighted by Gasteiger charge is 2.23. The maximum atomic E-state index is 13.5. The second-order valence-corrected chi connectivity index (χ2v) is 11.5. The number of benzene rings is 3. The summed E-state index contributed by atoms with van der Waals surface area (Å²) in [6.07, 6.45) is 1.34. The zero-order chi connectivity index (χ0) is 30.2. The molecule has 0 spiro atoms. The molecule has 0 aliphatic carbocycles. The van der Waals surface area contributed by atoms with Gasteiger partial charge in [0.2, 0.25) is 5.91 Å². The standard InChI is InChI=1S/C33H43N5O3S/c1-33(2,3)41-32(40)34-21-13-20-29(30(39)35-23-26-16-9-5-10-17-26)37-28(22-25-14-7-4-8-15-25)24-36-31(42)38-27-18-11-6-12-19-27/h4-12,14-19,28-29,37H,13,20-24H2,1-3H3,(H,34,40)(H,35,39)(H2,36,38,42)/t28-,29-/m0/s1. The van der Waals surface area contributed by atoms with E-state index >= 15 is 0 Å². The van der Waals surface area contributed by atoms with Crippen LogP contribution >= 0.6 is 12.2 Å². The number of hydrogen-bond acceptors (Lipinski definition) is 5. The van der Waals surface area contributed by atoms with E-state index in [9.17, 15) is 9.59 Å². The molecule has 9 heteroatoms. The molecule has 0 bridgehead atoms. The normalized spacial score (nSPS) is 12.5. The second-order valence-electron chi connectivity index (χ2n) is 11.1. The summed E-state index contributed by atoms with van der Waals surface area (Å²) < 4.78 is 5.34. The minimum absolute atomic E-state index is 0.0980. The van der Waals surface area contributed by atoms with E-state index in [-0.39, 0.29) is 11.9 Å². The van der Waals surface area contributed by atoms with Gasteiger partial charge in [-0.3, -0.25) is 4.79 Å². The smallest absolute Gasteiger partial charge is 0.407 e. The zero-order valence-corrected chi connectivity index (χ0v) is 25.5. The summed E-state index contributed by atoms with van der Waals surface area (Å²) in [5.74, 6) is -0.0980. The molecule has 0 unspecified atom stereocenters. The third kappa shape index (κ3) is 13.1.